The number of carbonyl (C=O) groups excluding carboxylic acids is 1. The Kier molecular flexibility index (Phi) is 7.62. The minimum atomic E-state index is -2.96. The molecule has 1 aliphatic heterocycles. The van der Waals surface area contributed by atoms with Gasteiger partial charge in [0.1, 0.15) is 5.75 Å². The summed E-state index contributed by atoms with van der Waals surface area (Å²) < 4.78 is 34.9. The van der Waals surface area contributed by atoms with E-state index in [1.807, 2.05) is 18.2 Å². The Labute approximate surface area is 171 Å². The molecule has 0 N–H and O–H groups in total. The maximum atomic E-state index is 14.6. The Morgan fingerprint density at radius 2 is 1.76 bits per heavy atom. The van der Waals surface area contributed by atoms with Crippen molar-refractivity contribution in [3.8, 4) is 5.75 Å². The van der Waals surface area contributed by atoms with Crippen LogP contribution in [-0.4, -0.2) is 30.5 Å². The monoisotopic (exact) mass is 401 g/mol. The van der Waals surface area contributed by atoms with E-state index in [1.54, 1.807) is 17.0 Å². The second-order valence-electron chi connectivity index (χ2n) is 7.61. The van der Waals surface area contributed by atoms with Gasteiger partial charge in [0.25, 0.3) is 5.92 Å². The highest BCUT2D eigenvalue weighted by molar-refractivity contribution is 5.76. The summed E-state index contributed by atoms with van der Waals surface area (Å²) in [5.41, 5.74) is 1.19. The molecule has 1 fully saturated rings. The molecule has 0 aromatic heterocycles. The smallest absolute Gasteiger partial charge is 0.273 e. The average Bonchev–Trinajstić information content (AvgIpc) is 3.27. The van der Waals surface area contributed by atoms with Crippen LogP contribution in [-0.2, 0) is 17.1 Å². The van der Waals surface area contributed by atoms with Gasteiger partial charge in [-0.25, -0.2) is 8.78 Å². The van der Waals surface area contributed by atoms with Crippen molar-refractivity contribution in [1.82, 2.24) is 4.90 Å². The third-order valence-electron chi connectivity index (χ3n) is 5.32. The van der Waals surface area contributed by atoms with Crippen molar-refractivity contribution in [1.29, 1.82) is 0 Å². The first-order valence-electron chi connectivity index (χ1n) is 10.5. The van der Waals surface area contributed by atoms with Crippen LogP contribution in [0.25, 0.3) is 0 Å². The Balaban J connectivity index is 1.44. The quantitative estimate of drug-likeness (QED) is 0.486. The second-order valence-corrected chi connectivity index (χ2v) is 7.61. The van der Waals surface area contributed by atoms with Crippen molar-refractivity contribution in [3.63, 3.8) is 0 Å². The Morgan fingerprint density at radius 3 is 2.52 bits per heavy atom. The third kappa shape index (κ3) is 6.55. The van der Waals surface area contributed by atoms with E-state index >= 15 is 0 Å². The molecule has 156 valence electrons. The van der Waals surface area contributed by atoms with Crippen LogP contribution in [0.5, 0.6) is 5.75 Å². The molecule has 1 amide bonds. The molecule has 29 heavy (non-hydrogen) atoms. The molecule has 0 bridgehead atoms. The lowest BCUT2D eigenvalue weighted by atomic mass is 10.0. The van der Waals surface area contributed by atoms with Gasteiger partial charge in [-0.2, -0.15) is 0 Å². The summed E-state index contributed by atoms with van der Waals surface area (Å²) in [6.07, 6.45) is 3.78. The molecule has 0 unspecified atom stereocenters. The molecule has 0 spiro atoms. The van der Waals surface area contributed by atoms with Crippen molar-refractivity contribution in [3.05, 3.63) is 65.7 Å². The lowest BCUT2D eigenvalue weighted by Gasteiger charge is -2.19. The molecule has 5 heteroatoms. The van der Waals surface area contributed by atoms with Gasteiger partial charge in [-0.05, 0) is 49.8 Å². The van der Waals surface area contributed by atoms with Crippen molar-refractivity contribution in [2.75, 3.05) is 19.7 Å². The van der Waals surface area contributed by atoms with E-state index in [9.17, 15) is 13.6 Å². The molecule has 3 nitrogen and oxygen atoms in total. The van der Waals surface area contributed by atoms with Crippen LogP contribution in [0.1, 0.15) is 49.7 Å². The summed E-state index contributed by atoms with van der Waals surface area (Å²) in [7, 11) is 0. The van der Waals surface area contributed by atoms with Crippen molar-refractivity contribution in [2.24, 2.45) is 0 Å². The first-order valence-corrected chi connectivity index (χ1v) is 10.5. The van der Waals surface area contributed by atoms with Crippen LogP contribution in [0.15, 0.2) is 54.6 Å². The number of rotatable bonds is 10. The molecule has 3 rings (SSSR count). The summed E-state index contributed by atoms with van der Waals surface area (Å²) in [6.45, 7) is 2.01. The summed E-state index contributed by atoms with van der Waals surface area (Å²) in [4.78, 5) is 13.8. The molecule has 2 aromatic carbocycles. The highest BCUT2D eigenvalue weighted by Gasteiger charge is 2.32. The van der Waals surface area contributed by atoms with E-state index in [-0.39, 0.29) is 30.7 Å². The number of ether oxygens (including phenoxy) is 1. The van der Waals surface area contributed by atoms with Gasteiger partial charge < -0.3 is 9.64 Å². The van der Waals surface area contributed by atoms with Crippen LogP contribution in [0.3, 0.4) is 0 Å². The number of benzene rings is 2. The Bertz CT molecular complexity index is 773. The number of aryl methyl sites for hydroxylation is 1. The van der Waals surface area contributed by atoms with Gasteiger partial charge in [0.15, 0.2) is 0 Å². The second kappa shape index (κ2) is 10.4. The molecule has 1 heterocycles. The zero-order valence-corrected chi connectivity index (χ0v) is 16.8. The van der Waals surface area contributed by atoms with Crippen LogP contribution >= 0.6 is 0 Å². The SMILES string of the molecule is O=C(CCCC(F)(F)c1cccc(OCCCc2ccccc2)c1)N1CCCC1. The fourth-order valence-electron chi connectivity index (χ4n) is 3.65. The number of hydrogen-bond donors (Lipinski definition) is 0. The van der Waals surface area contributed by atoms with Gasteiger partial charge >= 0.3 is 0 Å². The molecular formula is C24H29F2NO2. The topological polar surface area (TPSA) is 29.5 Å². The third-order valence-corrected chi connectivity index (χ3v) is 5.32. The van der Waals surface area contributed by atoms with Gasteiger partial charge in [0.05, 0.1) is 6.61 Å². The van der Waals surface area contributed by atoms with Crippen LogP contribution < -0.4 is 4.74 Å². The van der Waals surface area contributed by atoms with E-state index < -0.39 is 5.92 Å². The molecule has 0 radical (unpaired) electrons. The van der Waals surface area contributed by atoms with Gasteiger partial charge in [-0.1, -0.05) is 42.5 Å². The Morgan fingerprint density at radius 1 is 1.00 bits per heavy atom. The van der Waals surface area contributed by atoms with E-state index in [1.165, 1.54) is 17.7 Å². The summed E-state index contributed by atoms with van der Waals surface area (Å²) >= 11 is 0. The number of carbonyl (C=O) groups is 1. The number of amides is 1. The highest BCUT2D eigenvalue weighted by Crippen LogP contribution is 2.35. The number of nitrogens with zero attached hydrogens (tertiary/aromatic N) is 1. The van der Waals surface area contributed by atoms with Gasteiger partial charge in [0.2, 0.25) is 5.91 Å². The van der Waals surface area contributed by atoms with Crippen LogP contribution in [0.4, 0.5) is 8.78 Å². The van der Waals surface area contributed by atoms with Gasteiger partial charge in [-0.15, -0.1) is 0 Å². The van der Waals surface area contributed by atoms with Gasteiger partial charge in [-0.3, -0.25) is 4.79 Å². The molecular weight excluding hydrogens is 372 g/mol. The van der Waals surface area contributed by atoms with E-state index in [4.69, 9.17) is 4.74 Å². The minimum absolute atomic E-state index is 0.00574. The maximum absolute atomic E-state index is 14.6. The van der Waals surface area contributed by atoms with E-state index in [0.717, 1.165) is 38.8 Å². The zero-order valence-electron chi connectivity index (χ0n) is 16.8. The van der Waals surface area contributed by atoms with E-state index in [0.29, 0.717) is 12.4 Å². The van der Waals surface area contributed by atoms with E-state index in [2.05, 4.69) is 12.1 Å². The predicted molar refractivity (Wildman–Crippen MR) is 110 cm³/mol. The average molecular weight is 401 g/mol. The molecule has 0 aliphatic carbocycles. The summed E-state index contributed by atoms with van der Waals surface area (Å²) in [5, 5.41) is 0. The standard InChI is InChI=1S/C24H29F2NO2/c25-24(26,15-7-14-23(28)27-16-4-5-17-27)21-12-6-13-22(19-21)29-18-8-11-20-9-2-1-3-10-20/h1-3,6,9-10,12-13,19H,4-5,7-8,11,14-18H2. The molecule has 0 saturated carbocycles. The van der Waals surface area contributed by atoms with Crippen molar-refractivity contribution in [2.45, 2.75) is 50.9 Å². The maximum Gasteiger partial charge on any atom is 0.273 e. The van der Waals surface area contributed by atoms with Crippen molar-refractivity contribution < 1.29 is 18.3 Å². The number of likely N-dealkylation sites (tertiary alicyclic amines) is 1. The largest absolute Gasteiger partial charge is 0.494 e. The highest BCUT2D eigenvalue weighted by atomic mass is 19.3. The lowest BCUT2D eigenvalue weighted by Crippen LogP contribution is -2.27. The lowest BCUT2D eigenvalue weighted by molar-refractivity contribution is -0.130. The predicted octanol–water partition coefficient (Wildman–Crippen LogP) is 5.58. The molecule has 1 aliphatic rings. The fraction of sp³-hybridized carbons (Fsp3) is 0.458. The fourth-order valence-corrected chi connectivity index (χ4v) is 3.65. The van der Waals surface area contributed by atoms with Crippen LogP contribution in [0.2, 0.25) is 0 Å². The first-order chi connectivity index (χ1) is 14.0. The Hall–Kier alpha value is -2.43. The summed E-state index contributed by atoms with van der Waals surface area (Å²) in [5.74, 6) is -2.51. The first kappa shape index (κ1) is 21.3. The summed E-state index contributed by atoms with van der Waals surface area (Å²) in [6, 6.07) is 16.3. The molecule has 1 saturated heterocycles. The van der Waals surface area contributed by atoms with Crippen LogP contribution in [0, 0.1) is 0 Å². The number of hydrogen-bond acceptors (Lipinski definition) is 2. The number of halogens is 2. The van der Waals surface area contributed by atoms with Gasteiger partial charge in [0, 0.05) is 31.5 Å². The molecule has 2 aromatic rings. The number of alkyl halides is 2. The normalized spacial score (nSPS) is 14.2. The zero-order chi connectivity index (χ0) is 20.5. The molecule has 0 atom stereocenters. The minimum Gasteiger partial charge on any atom is -0.494 e. The van der Waals surface area contributed by atoms with Crippen molar-refractivity contribution >= 4 is 5.91 Å².